The Morgan fingerprint density at radius 1 is 1.30 bits per heavy atom. The van der Waals surface area contributed by atoms with Crippen LogP contribution in [0.15, 0.2) is 30.5 Å². The molecule has 1 aromatic heterocycles. The monoisotopic (exact) mass is 412 g/mol. The van der Waals surface area contributed by atoms with Crippen LogP contribution >= 0.6 is 0 Å². The van der Waals surface area contributed by atoms with Crippen molar-refractivity contribution in [3.63, 3.8) is 0 Å². The van der Waals surface area contributed by atoms with E-state index in [0.717, 1.165) is 49.1 Å². The molecule has 2 saturated heterocycles. The maximum atomic E-state index is 13.1. The van der Waals surface area contributed by atoms with Crippen LogP contribution in [0.25, 0.3) is 10.9 Å². The molecule has 162 valence electrons. The van der Waals surface area contributed by atoms with Crippen molar-refractivity contribution < 1.29 is 14.3 Å². The molecule has 1 aromatic carbocycles. The predicted octanol–water partition coefficient (Wildman–Crippen LogP) is 2.13. The molecule has 2 aromatic rings. The normalized spacial score (nSPS) is 21.5. The summed E-state index contributed by atoms with van der Waals surface area (Å²) in [6.45, 7) is 3.46. The van der Waals surface area contributed by atoms with Gasteiger partial charge in [0, 0.05) is 61.8 Å². The summed E-state index contributed by atoms with van der Waals surface area (Å²) >= 11 is 0. The molecule has 1 atom stereocenters. The van der Waals surface area contributed by atoms with Crippen LogP contribution < -0.4 is 5.32 Å². The SMILES string of the molecule is CN(C)CC1(CNC(=O)C2CCC(=O)N2Cc2c[nH]c3ccccc23)CCOCC1. The van der Waals surface area contributed by atoms with Gasteiger partial charge in [-0.05, 0) is 45.0 Å². The van der Waals surface area contributed by atoms with Crippen LogP contribution in [0.1, 0.15) is 31.2 Å². The lowest BCUT2D eigenvalue weighted by molar-refractivity contribution is -0.136. The number of carbonyl (C=O) groups is 2. The van der Waals surface area contributed by atoms with Crippen molar-refractivity contribution in [2.24, 2.45) is 5.41 Å². The zero-order chi connectivity index (χ0) is 21.1. The first-order valence-corrected chi connectivity index (χ1v) is 10.8. The number of fused-ring (bicyclic) bond motifs is 1. The molecule has 0 bridgehead atoms. The molecule has 7 heteroatoms. The van der Waals surface area contributed by atoms with E-state index in [9.17, 15) is 9.59 Å². The molecule has 7 nitrogen and oxygen atoms in total. The van der Waals surface area contributed by atoms with Gasteiger partial charge in [0.1, 0.15) is 6.04 Å². The highest BCUT2D eigenvalue weighted by Gasteiger charge is 2.38. The molecular formula is C23H32N4O3. The highest BCUT2D eigenvalue weighted by atomic mass is 16.5. The lowest BCUT2D eigenvalue weighted by Gasteiger charge is -2.39. The van der Waals surface area contributed by atoms with Gasteiger partial charge in [-0.2, -0.15) is 0 Å². The molecule has 0 radical (unpaired) electrons. The Labute approximate surface area is 177 Å². The third kappa shape index (κ3) is 4.37. The number of aromatic nitrogens is 1. The van der Waals surface area contributed by atoms with Crippen LogP contribution in [0.2, 0.25) is 0 Å². The summed E-state index contributed by atoms with van der Waals surface area (Å²) in [5.74, 6) is 0.0137. The van der Waals surface area contributed by atoms with Crippen LogP contribution in [0, 0.1) is 5.41 Å². The van der Waals surface area contributed by atoms with Gasteiger partial charge in [-0.15, -0.1) is 0 Å². The van der Waals surface area contributed by atoms with Crippen molar-refractivity contribution in [1.82, 2.24) is 20.1 Å². The topological polar surface area (TPSA) is 77.7 Å². The van der Waals surface area contributed by atoms with Crippen molar-refractivity contribution in [1.29, 1.82) is 0 Å². The number of ether oxygens (including phenoxy) is 1. The quantitative estimate of drug-likeness (QED) is 0.730. The molecule has 2 N–H and O–H groups in total. The second-order valence-corrected chi connectivity index (χ2v) is 9.00. The standard InChI is InChI=1S/C23H32N4O3/c1-26(2)16-23(9-11-30-12-10-23)15-25-22(29)20-7-8-21(28)27(20)14-17-13-24-19-6-4-3-5-18(17)19/h3-6,13,20,24H,7-12,14-16H2,1-2H3,(H,25,29). The fraction of sp³-hybridized carbons (Fsp3) is 0.565. The zero-order valence-corrected chi connectivity index (χ0v) is 17.9. The molecule has 0 spiro atoms. The van der Waals surface area contributed by atoms with Crippen LogP contribution in [-0.4, -0.2) is 73.0 Å². The fourth-order valence-electron chi connectivity index (χ4n) is 4.91. The lowest BCUT2D eigenvalue weighted by Crippen LogP contribution is -2.51. The van der Waals surface area contributed by atoms with E-state index in [1.165, 1.54) is 0 Å². The van der Waals surface area contributed by atoms with E-state index in [-0.39, 0.29) is 17.2 Å². The molecule has 2 aliphatic heterocycles. The molecule has 0 aliphatic carbocycles. The number of rotatable bonds is 7. The van der Waals surface area contributed by atoms with Crippen molar-refractivity contribution >= 4 is 22.7 Å². The Morgan fingerprint density at radius 3 is 2.83 bits per heavy atom. The highest BCUT2D eigenvalue weighted by Crippen LogP contribution is 2.31. The van der Waals surface area contributed by atoms with E-state index in [1.807, 2.05) is 30.5 Å². The van der Waals surface area contributed by atoms with Crippen LogP contribution in [-0.2, 0) is 20.9 Å². The average Bonchev–Trinajstić information content (AvgIpc) is 3.31. The summed E-state index contributed by atoms with van der Waals surface area (Å²) in [5, 5.41) is 4.29. The molecule has 3 heterocycles. The number of benzene rings is 1. The third-order valence-corrected chi connectivity index (χ3v) is 6.49. The minimum absolute atomic E-state index is 0.0295. The number of likely N-dealkylation sites (tertiary alicyclic amines) is 1. The number of para-hydroxylation sites is 1. The Morgan fingerprint density at radius 2 is 2.07 bits per heavy atom. The van der Waals surface area contributed by atoms with E-state index in [0.29, 0.717) is 25.9 Å². The van der Waals surface area contributed by atoms with E-state index in [4.69, 9.17) is 4.74 Å². The Balaban J connectivity index is 1.44. The fourth-order valence-corrected chi connectivity index (χ4v) is 4.91. The predicted molar refractivity (Wildman–Crippen MR) is 116 cm³/mol. The smallest absolute Gasteiger partial charge is 0.242 e. The minimum atomic E-state index is -0.401. The molecule has 0 saturated carbocycles. The minimum Gasteiger partial charge on any atom is -0.381 e. The first kappa shape index (κ1) is 20.9. The zero-order valence-electron chi connectivity index (χ0n) is 17.9. The molecule has 30 heavy (non-hydrogen) atoms. The maximum absolute atomic E-state index is 13.1. The number of hydrogen-bond acceptors (Lipinski definition) is 4. The number of aromatic amines is 1. The van der Waals surface area contributed by atoms with Gasteiger partial charge in [-0.1, -0.05) is 18.2 Å². The molecule has 2 amide bonds. The average molecular weight is 413 g/mol. The second kappa shape index (κ2) is 8.78. The second-order valence-electron chi connectivity index (χ2n) is 9.00. The van der Waals surface area contributed by atoms with Gasteiger partial charge in [0.2, 0.25) is 11.8 Å². The van der Waals surface area contributed by atoms with E-state index in [2.05, 4.69) is 29.3 Å². The first-order valence-electron chi connectivity index (χ1n) is 10.8. The van der Waals surface area contributed by atoms with Gasteiger partial charge < -0.3 is 24.8 Å². The van der Waals surface area contributed by atoms with Crippen LogP contribution in [0.4, 0.5) is 0 Å². The summed E-state index contributed by atoms with van der Waals surface area (Å²) in [5.41, 5.74) is 2.12. The highest BCUT2D eigenvalue weighted by molar-refractivity contribution is 5.91. The van der Waals surface area contributed by atoms with Crippen molar-refractivity contribution in [2.45, 2.75) is 38.3 Å². The van der Waals surface area contributed by atoms with Gasteiger partial charge in [-0.25, -0.2) is 0 Å². The lowest BCUT2D eigenvalue weighted by atomic mass is 9.79. The summed E-state index contributed by atoms with van der Waals surface area (Å²) in [6.07, 6.45) is 4.83. The molecule has 2 aliphatic rings. The molecule has 2 fully saturated rings. The summed E-state index contributed by atoms with van der Waals surface area (Å²) in [7, 11) is 4.13. The Bertz CT molecular complexity index is 901. The maximum Gasteiger partial charge on any atom is 0.242 e. The van der Waals surface area contributed by atoms with E-state index in [1.54, 1.807) is 4.90 Å². The molecule has 1 unspecified atom stereocenters. The summed E-state index contributed by atoms with van der Waals surface area (Å²) in [6, 6.07) is 7.65. The number of hydrogen-bond donors (Lipinski definition) is 2. The van der Waals surface area contributed by atoms with Gasteiger partial charge in [0.25, 0.3) is 0 Å². The van der Waals surface area contributed by atoms with Gasteiger partial charge >= 0.3 is 0 Å². The van der Waals surface area contributed by atoms with Crippen LogP contribution in [0.3, 0.4) is 0 Å². The van der Waals surface area contributed by atoms with Gasteiger partial charge in [0.05, 0.1) is 0 Å². The number of nitrogens with one attached hydrogen (secondary N) is 2. The number of H-pyrrole nitrogens is 1. The van der Waals surface area contributed by atoms with Crippen molar-refractivity contribution in [3.05, 3.63) is 36.0 Å². The summed E-state index contributed by atoms with van der Waals surface area (Å²) < 4.78 is 5.55. The van der Waals surface area contributed by atoms with Gasteiger partial charge in [-0.3, -0.25) is 9.59 Å². The van der Waals surface area contributed by atoms with Crippen molar-refractivity contribution in [3.8, 4) is 0 Å². The summed E-state index contributed by atoms with van der Waals surface area (Å²) in [4.78, 5) is 32.9. The van der Waals surface area contributed by atoms with Gasteiger partial charge in [0.15, 0.2) is 0 Å². The molecule has 4 rings (SSSR count). The number of carbonyl (C=O) groups excluding carboxylic acids is 2. The van der Waals surface area contributed by atoms with E-state index < -0.39 is 6.04 Å². The Kier molecular flexibility index (Phi) is 6.11. The number of nitrogens with zero attached hydrogens (tertiary/aromatic N) is 2. The van der Waals surface area contributed by atoms with Crippen molar-refractivity contribution in [2.75, 3.05) is 40.4 Å². The third-order valence-electron chi connectivity index (χ3n) is 6.49. The Hall–Kier alpha value is -2.38. The largest absolute Gasteiger partial charge is 0.381 e. The molecular weight excluding hydrogens is 380 g/mol. The van der Waals surface area contributed by atoms with Crippen LogP contribution in [0.5, 0.6) is 0 Å². The van der Waals surface area contributed by atoms with E-state index >= 15 is 0 Å². The number of amides is 2. The first-order chi connectivity index (χ1) is 14.5.